The highest BCUT2D eigenvalue weighted by molar-refractivity contribution is 6.60. The number of nitrogens with zero attached hydrogens (tertiary/aromatic N) is 1. The van der Waals surface area contributed by atoms with Crippen molar-refractivity contribution >= 4 is 19.3 Å². The van der Waals surface area contributed by atoms with Crippen molar-refractivity contribution in [3.8, 4) is 0 Å². The lowest BCUT2D eigenvalue weighted by molar-refractivity contribution is -0.140. The van der Waals surface area contributed by atoms with E-state index in [1.54, 1.807) is 19.5 Å². The molecule has 118 valence electrons. The molecule has 1 aliphatic heterocycles. The van der Waals surface area contributed by atoms with Gasteiger partial charge in [0.25, 0.3) is 0 Å². The normalized spacial score (nSPS) is 20.9. The van der Waals surface area contributed by atoms with Gasteiger partial charge in [0, 0.05) is 25.3 Å². The molecule has 1 rings (SSSR count). The first-order chi connectivity index (χ1) is 9.73. The van der Waals surface area contributed by atoms with Gasteiger partial charge in [-0.2, -0.15) is 0 Å². The van der Waals surface area contributed by atoms with Gasteiger partial charge in [0.1, 0.15) is 0 Å². The third-order valence-electron chi connectivity index (χ3n) is 3.77. The second-order valence-corrected chi connectivity index (χ2v) is 5.90. The molecule has 0 spiro atoms. The maximum Gasteiger partial charge on any atom is 0.497 e. The monoisotopic (exact) mass is 296 g/mol. The van der Waals surface area contributed by atoms with E-state index in [9.17, 15) is 4.79 Å². The molecule has 0 radical (unpaired) electrons. The molecule has 21 heavy (non-hydrogen) atoms. The molecule has 0 aromatic heterocycles. The fourth-order valence-electron chi connectivity index (χ4n) is 1.76. The molecular weight excluding hydrogens is 271 g/mol. The molecule has 1 heterocycles. The van der Waals surface area contributed by atoms with Crippen LogP contribution in [0.15, 0.2) is 16.7 Å². The van der Waals surface area contributed by atoms with Gasteiger partial charge in [-0.3, -0.25) is 9.79 Å². The first kappa shape index (κ1) is 17.7. The third-order valence-corrected chi connectivity index (χ3v) is 3.77. The van der Waals surface area contributed by atoms with Gasteiger partial charge < -0.3 is 19.4 Å². The van der Waals surface area contributed by atoms with Crippen LogP contribution in [0.4, 0.5) is 0 Å². The Hall–Kier alpha value is -1.34. The minimum absolute atomic E-state index is 0.253. The molecular formula is C14H25BN2O4. The maximum atomic E-state index is 11.1. The predicted molar refractivity (Wildman–Crippen MR) is 83.2 cm³/mol. The third kappa shape index (κ3) is 4.57. The lowest BCUT2D eigenvalue weighted by atomic mass is 9.79. The Labute approximate surface area is 127 Å². The van der Waals surface area contributed by atoms with Crippen molar-refractivity contribution in [1.82, 2.24) is 5.32 Å². The summed E-state index contributed by atoms with van der Waals surface area (Å²) < 4.78 is 16.5. The Balaban J connectivity index is 2.68. The van der Waals surface area contributed by atoms with Crippen LogP contribution in [-0.2, 0) is 18.8 Å². The number of hydrogen-bond donors (Lipinski definition) is 1. The summed E-state index contributed by atoms with van der Waals surface area (Å²) in [4.78, 5) is 15.1. The minimum atomic E-state index is -0.482. The van der Waals surface area contributed by atoms with Crippen molar-refractivity contribution in [1.29, 1.82) is 0 Å². The second kappa shape index (κ2) is 7.09. The molecule has 7 heteroatoms. The van der Waals surface area contributed by atoms with E-state index in [0.717, 1.165) is 5.47 Å². The summed E-state index contributed by atoms with van der Waals surface area (Å²) >= 11 is 0. The highest BCUT2D eigenvalue weighted by atomic mass is 16.7. The molecule has 0 atom stereocenters. The number of methoxy groups -OCH3 is 1. The molecule has 1 aliphatic rings. The molecule has 0 aliphatic carbocycles. The van der Waals surface area contributed by atoms with Crippen LogP contribution in [-0.4, -0.2) is 51.2 Å². The lowest BCUT2D eigenvalue weighted by Gasteiger charge is -2.32. The molecule has 0 aromatic rings. The molecule has 1 fully saturated rings. The zero-order valence-corrected chi connectivity index (χ0v) is 13.7. The maximum absolute atomic E-state index is 11.1. The number of hydrogen-bond acceptors (Lipinski definition) is 6. The van der Waals surface area contributed by atoms with Crippen molar-refractivity contribution in [2.45, 2.75) is 45.3 Å². The number of carbonyl (C=O) groups excluding carboxylic acids is 1. The summed E-state index contributed by atoms with van der Waals surface area (Å²) in [6, 6.07) is 0. The van der Waals surface area contributed by atoms with Crippen LogP contribution in [0.25, 0.3) is 0 Å². The smallest absolute Gasteiger partial charge is 0.469 e. The van der Waals surface area contributed by atoms with Crippen molar-refractivity contribution in [2.24, 2.45) is 4.99 Å². The quantitative estimate of drug-likeness (QED) is 0.347. The number of aliphatic imine (C=N–C) groups is 1. The summed E-state index contributed by atoms with van der Waals surface area (Å²) in [7, 11) is 2.58. The number of nitrogens with one attached hydrogen (secondary N) is 1. The van der Waals surface area contributed by atoms with Gasteiger partial charge in [-0.1, -0.05) is 0 Å². The van der Waals surface area contributed by atoms with E-state index in [2.05, 4.69) is 15.0 Å². The van der Waals surface area contributed by atoms with Crippen molar-refractivity contribution in [3.63, 3.8) is 0 Å². The molecule has 0 amide bonds. The van der Waals surface area contributed by atoms with E-state index in [4.69, 9.17) is 9.31 Å². The topological polar surface area (TPSA) is 69.2 Å². The summed E-state index contributed by atoms with van der Waals surface area (Å²) in [5, 5.41) is 3.05. The van der Waals surface area contributed by atoms with Gasteiger partial charge in [0.05, 0.1) is 24.7 Å². The summed E-state index contributed by atoms with van der Waals surface area (Å²) in [5.41, 5.74) is -0.0182. The van der Waals surface area contributed by atoms with Crippen molar-refractivity contribution in [3.05, 3.63) is 11.7 Å². The molecule has 1 N–H and O–H groups in total. The number of carbonyl (C=O) groups is 1. The zero-order valence-electron chi connectivity index (χ0n) is 13.7. The van der Waals surface area contributed by atoms with Crippen LogP contribution < -0.4 is 5.32 Å². The average molecular weight is 296 g/mol. The van der Waals surface area contributed by atoms with E-state index in [1.807, 2.05) is 27.7 Å². The number of allylic oxidation sites excluding steroid dienone is 1. The number of esters is 1. The van der Waals surface area contributed by atoms with Gasteiger partial charge in [-0.25, -0.2) is 0 Å². The molecule has 0 unspecified atom stereocenters. The van der Waals surface area contributed by atoms with Crippen molar-refractivity contribution in [2.75, 3.05) is 20.7 Å². The average Bonchev–Trinajstić information content (AvgIpc) is 2.61. The highest BCUT2D eigenvalue weighted by Gasteiger charge is 2.52. The van der Waals surface area contributed by atoms with Crippen molar-refractivity contribution < 1.29 is 18.8 Å². The van der Waals surface area contributed by atoms with Gasteiger partial charge in [0.15, 0.2) is 0 Å². The van der Waals surface area contributed by atoms with E-state index in [1.165, 1.54) is 7.11 Å². The standard InChI is InChI=1S/C14H25BN2O4/c1-13(2)14(3,4)21-15(20-13)11(9-16-5)10-17-8-7-12(18)19-6/h9-10,17H,7-8H2,1-6H3/b11-10+,16-9?. The van der Waals surface area contributed by atoms with Crippen LogP contribution in [0.3, 0.4) is 0 Å². The van der Waals surface area contributed by atoms with Gasteiger partial charge in [-0.05, 0) is 33.9 Å². The highest BCUT2D eigenvalue weighted by Crippen LogP contribution is 2.38. The van der Waals surface area contributed by atoms with Gasteiger partial charge >= 0.3 is 13.1 Å². The SMILES string of the molecule is CN=C/C(=C\NCCC(=O)OC)B1OC(C)(C)C(C)(C)O1. The first-order valence-corrected chi connectivity index (χ1v) is 7.01. The fourth-order valence-corrected chi connectivity index (χ4v) is 1.76. The van der Waals surface area contributed by atoms with E-state index in [-0.39, 0.29) is 5.97 Å². The first-order valence-electron chi connectivity index (χ1n) is 7.01. The lowest BCUT2D eigenvalue weighted by Crippen LogP contribution is -2.41. The van der Waals surface area contributed by atoms with Crippen LogP contribution in [0.2, 0.25) is 0 Å². The Morgan fingerprint density at radius 3 is 2.33 bits per heavy atom. The predicted octanol–water partition coefficient (Wildman–Crippen LogP) is 1.35. The minimum Gasteiger partial charge on any atom is -0.469 e. The summed E-state index contributed by atoms with van der Waals surface area (Å²) in [6.45, 7) is 8.47. The van der Waals surface area contributed by atoms with E-state index < -0.39 is 18.3 Å². The zero-order chi connectivity index (χ0) is 16.1. The molecule has 0 bridgehead atoms. The van der Waals surface area contributed by atoms with E-state index in [0.29, 0.717) is 13.0 Å². The Morgan fingerprint density at radius 2 is 1.86 bits per heavy atom. The van der Waals surface area contributed by atoms with Gasteiger partial charge in [-0.15, -0.1) is 0 Å². The fraction of sp³-hybridized carbons (Fsp3) is 0.714. The van der Waals surface area contributed by atoms with Gasteiger partial charge in [0.2, 0.25) is 0 Å². The van der Waals surface area contributed by atoms with Crippen LogP contribution >= 0.6 is 0 Å². The van der Waals surface area contributed by atoms with Crippen LogP contribution in [0, 0.1) is 0 Å². The van der Waals surface area contributed by atoms with Crippen LogP contribution in [0.1, 0.15) is 34.1 Å². The number of rotatable bonds is 6. The Kier molecular flexibility index (Phi) is 5.98. The number of ether oxygens (including phenoxy) is 1. The summed E-state index contributed by atoms with van der Waals surface area (Å²) in [5.74, 6) is -0.253. The Bertz CT molecular complexity index is 417. The molecule has 6 nitrogen and oxygen atoms in total. The molecule has 1 saturated heterocycles. The van der Waals surface area contributed by atoms with Crippen LogP contribution in [0.5, 0.6) is 0 Å². The second-order valence-electron chi connectivity index (χ2n) is 5.90. The molecule has 0 aromatic carbocycles. The largest absolute Gasteiger partial charge is 0.497 e. The van der Waals surface area contributed by atoms with E-state index >= 15 is 0 Å². The molecule has 0 saturated carbocycles. The summed E-state index contributed by atoms with van der Waals surface area (Å²) in [6.07, 6.45) is 3.75. The Morgan fingerprint density at radius 1 is 1.29 bits per heavy atom.